The van der Waals surface area contributed by atoms with E-state index in [-0.39, 0.29) is 10.6 Å². The molecular weight excluding hydrogens is 276 g/mol. The van der Waals surface area contributed by atoms with Crippen molar-refractivity contribution >= 4 is 33.1 Å². The second-order valence-electron chi connectivity index (χ2n) is 3.48. The lowest BCUT2D eigenvalue weighted by atomic mass is 10.3. The SMILES string of the molecule is O=S(=O)(O)c1cnccc1Nc1cccc(Cl)c1. The Labute approximate surface area is 109 Å². The monoisotopic (exact) mass is 284 g/mol. The molecule has 1 heterocycles. The first-order valence-electron chi connectivity index (χ1n) is 4.91. The van der Waals surface area contributed by atoms with Crippen molar-refractivity contribution in [2.75, 3.05) is 5.32 Å². The van der Waals surface area contributed by atoms with Gasteiger partial charge in [0.25, 0.3) is 10.1 Å². The molecule has 2 rings (SSSR count). The smallest absolute Gasteiger partial charge is 0.298 e. The molecule has 94 valence electrons. The molecule has 0 atom stereocenters. The Morgan fingerprint density at radius 3 is 2.72 bits per heavy atom. The highest BCUT2D eigenvalue weighted by atomic mass is 35.5. The zero-order chi connectivity index (χ0) is 13.2. The van der Waals surface area contributed by atoms with Crippen molar-refractivity contribution in [3.05, 3.63) is 47.7 Å². The van der Waals surface area contributed by atoms with E-state index in [0.717, 1.165) is 6.20 Å². The van der Waals surface area contributed by atoms with Crippen LogP contribution in [-0.2, 0) is 10.1 Å². The van der Waals surface area contributed by atoms with E-state index in [1.54, 1.807) is 24.3 Å². The zero-order valence-electron chi connectivity index (χ0n) is 9.04. The third kappa shape index (κ3) is 2.98. The number of aromatic nitrogens is 1. The van der Waals surface area contributed by atoms with Crippen LogP contribution in [-0.4, -0.2) is 18.0 Å². The number of nitrogens with one attached hydrogen (secondary N) is 1. The van der Waals surface area contributed by atoms with Gasteiger partial charge in [-0.3, -0.25) is 9.54 Å². The van der Waals surface area contributed by atoms with Gasteiger partial charge in [0.1, 0.15) is 4.90 Å². The molecule has 2 aromatic rings. The molecule has 0 aliphatic heterocycles. The van der Waals surface area contributed by atoms with E-state index in [2.05, 4.69) is 10.3 Å². The normalized spacial score (nSPS) is 11.2. The summed E-state index contributed by atoms with van der Waals surface area (Å²) in [6.45, 7) is 0. The maximum absolute atomic E-state index is 11.2. The molecule has 7 heteroatoms. The number of halogens is 1. The van der Waals surface area contributed by atoms with Crippen LogP contribution in [0, 0.1) is 0 Å². The van der Waals surface area contributed by atoms with Gasteiger partial charge in [-0.25, -0.2) is 0 Å². The maximum Gasteiger partial charge on any atom is 0.298 e. The Balaban J connectivity index is 2.41. The second kappa shape index (κ2) is 4.93. The van der Waals surface area contributed by atoms with Crippen LogP contribution in [0.15, 0.2) is 47.6 Å². The van der Waals surface area contributed by atoms with E-state index >= 15 is 0 Å². The summed E-state index contributed by atoms with van der Waals surface area (Å²) in [4.78, 5) is 3.38. The molecule has 0 amide bonds. The van der Waals surface area contributed by atoms with Crippen LogP contribution in [0.5, 0.6) is 0 Å². The van der Waals surface area contributed by atoms with Gasteiger partial charge < -0.3 is 5.32 Å². The highest BCUT2D eigenvalue weighted by Crippen LogP contribution is 2.25. The van der Waals surface area contributed by atoms with Crippen LogP contribution in [0.2, 0.25) is 5.02 Å². The Kier molecular flexibility index (Phi) is 3.51. The molecule has 2 N–H and O–H groups in total. The summed E-state index contributed by atoms with van der Waals surface area (Å²) in [7, 11) is -4.32. The van der Waals surface area contributed by atoms with Crippen molar-refractivity contribution in [3.63, 3.8) is 0 Å². The lowest BCUT2D eigenvalue weighted by molar-refractivity contribution is 0.483. The highest BCUT2D eigenvalue weighted by molar-refractivity contribution is 7.86. The zero-order valence-corrected chi connectivity index (χ0v) is 10.6. The number of hydrogen-bond acceptors (Lipinski definition) is 4. The van der Waals surface area contributed by atoms with Gasteiger partial charge in [0, 0.05) is 16.9 Å². The van der Waals surface area contributed by atoms with Crippen molar-refractivity contribution < 1.29 is 13.0 Å². The van der Waals surface area contributed by atoms with Gasteiger partial charge >= 0.3 is 0 Å². The minimum atomic E-state index is -4.32. The van der Waals surface area contributed by atoms with Gasteiger partial charge in [-0.2, -0.15) is 8.42 Å². The predicted molar refractivity (Wildman–Crippen MR) is 68.8 cm³/mol. The van der Waals surface area contributed by atoms with E-state index in [4.69, 9.17) is 16.2 Å². The molecule has 0 fully saturated rings. The standard InChI is InChI=1S/C11H9ClN2O3S/c12-8-2-1-3-9(6-8)14-10-4-5-13-7-11(10)18(15,16)17/h1-7H,(H,13,14)(H,15,16,17). The van der Waals surface area contributed by atoms with E-state index in [0.29, 0.717) is 10.7 Å². The number of rotatable bonds is 3. The van der Waals surface area contributed by atoms with Gasteiger partial charge in [-0.1, -0.05) is 17.7 Å². The average Bonchev–Trinajstić information content (AvgIpc) is 2.28. The molecule has 5 nitrogen and oxygen atoms in total. The molecule has 0 bridgehead atoms. The van der Waals surface area contributed by atoms with Crippen molar-refractivity contribution in [1.29, 1.82) is 0 Å². The molecule has 0 radical (unpaired) electrons. The second-order valence-corrected chi connectivity index (χ2v) is 5.31. The van der Waals surface area contributed by atoms with Gasteiger partial charge in [0.15, 0.2) is 0 Å². The topological polar surface area (TPSA) is 79.3 Å². The molecule has 0 aliphatic carbocycles. The molecular formula is C11H9ClN2O3S. The molecule has 0 saturated heterocycles. The molecule has 0 unspecified atom stereocenters. The molecule has 0 spiro atoms. The van der Waals surface area contributed by atoms with Crippen LogP contribution in [0.1, 0.15) is 0 Å². The molecule has 0 aliphatic rings. The first-order valence-corrected chi connectivity index (χ1v) is 6.73. The number of benzene rings is 1. The summed E-state index contributed by atoms with van der Waals surface area (Å²) in [5, 5.41) is 3.37. The van der Waals surface area contributed by atoms with E-state index in [9.17, 15) is 8.42 Å². The summed E-state index contributed by atoms with van der Waals surface area (Å²) < 4.78 is 31.4. The summed E-state index contributed by atoms with van der Waals surface area (Å²) in [5.74, 6) is 0. The summed E-state index contributed by atoms with van der Waals surface area (Å²) in [5.41, 5.74) is 0.841. The lowest BCUT2D eigenvalue weighted by Crippen LogP contribution is -2.03. The van der Waals surface area contributed by atoms with Crippen LogP contribution in [0.25, 0.3) is 0 Å². The van der Waals surface area contributed by atoms with Crippen molar-refractivity contribution in [1.82, 2.24) is 4.98 Å². The highest BCUT2D eigenvalue weighted by Gasteiger charge is 2.15. The summed E-state index contributed by atoms with van der Waals surface area (Å²) >= 11 is 5.82. The molecule has 1 aromatic heterocycles. The largest absolute Gasteiger partial charge is 0.354 e. The fourth-order valence-electron chi connectivity index (χ4n) is 1.41. The Hall–Kier alpha value is -1.63. The Bertz CT molecular complexity index is 673. The van der Waals surface area contributed by atoms with Gasteiger partial charge in [0.05, 0.1) is 11.9 Å². The molecule has 18 heavy (non-hydrogen) atoms. The summed E-state index contributed by atoms with van der Waals surface area (Å²) in [6, 6.07) is 8.22. The first-order chi connectivity index (χ1) is 8.47. The van der Waals surface area contributed by atoms with Gasteiger partial charge in [-0.15, -0.1) is 0 Å². The Morgan fingerprint density at radius 1 is 1.28 bits per heavy atom. The fraction of sp³-hybridized carbons (Fsp3) is 0. The molecule has 1 aromatic carbocycles. The van der Waals surface area contributed by atoms with Crippen LogP contribution >= 0.6 is 11.6 Å². The van der Waals surface area contributed by atoms with E-state index in [1.165, 1.54) is 12.3 Å². The minimum Gasteiger partial charge on any atom is -0.354 e. The van der Waals surface area contributed by atoms with E-state index < -0.39 is 10.1 Å². The molecule has 0 saturated carbocycles. The number of hydrogen-bond donors (Lipinski definition) is 2. The van der Waals surface area contributed by atoms with Gasteiger partial charge in [-0.05, 0) is 24.3 Å². The predicted octanol–water partition coefficient (Wildman–Crippen LogP) is 2.73. The fourth-order valence-corrected chi connectivity index (χ4v) is 2.19. The third-order valence-corrected chi connectivity index (χ3v) is 3.28. The third-order valence-electron chi connectivity index (χ3n) is 2.17. The van der Waals surface area contributed by atoms with Crippen LogP contribution < -0.4 is 5.32 Å². The van der Waals surface area contributed by atoms with Crippen LogP contribution in [0.3, 0.4) is 0 Å². The minimum absolute atomic E-state index is 0.231. The van der Waals surface area contributed by atoms with Crippen molar-refractivity contribution in [2.45, 2.75) is 4.90 Å². The first kappa shape index (κ1) is 12.8. The maximum atomic E-state index is 11.2. The van der Waals surface area contributed by atoms with Crippen LogP contribution in [0.4, 0.5) is 11.4 Å². The summed E-state index contributed by atoms with van der Waals surface area (Å²) in [6.07, 6.45) is 2.49. The van der Waals surface area contributed by atoms with E-state index in [1.807, 2.05) is 0 Å². The quantitative estimate of drug-likeness (QED) is 0.847. The average molecular weight is 285 g/mol. The number of pyridine rings is 1. The van der Waals surface area contributed by atoms with Gasteiger partial charge in [0.2, 0.25) is 0 Å². The lowest BCUT2D eigenvalue weighted by Gasteiger charge is -2.09. The Morgan fingerprint density at radius 2 is 2.06 bits per heavy atom. The van der Waals surface area contributed by atoms with Crippen molar-refractivity contribution in [2.24, 2.45) is 0 Å². The van der Waals surface area contributed by atoms with Crippen molar-refractivity contribution in [3.8, 4) is 0 Å². The number of nitrogens with zero attached hydrogens (tertiary/aromatic N) is 1. The number of anilines is 2.